The van der Waals surface area contributed by atoms with Gasteiger partial charge in [0.15, 0.2) is 5.69 Å². The summed E-state index contributed by atoms with van der Waals surface area (Å²) in [7, 11) is 0. The number of hydrogen-bond acceptors (Lipinski definition) is 5. The van der Waals surface area contributed by atoms with Gasteiger partial charge in [0.05, 0.1) is 11.2 Å². The summed E-state index contributed by atoms with van der Waals surface area (Å²) < 4.78 is 0. The topological polar surface area (TPSA) is 61.6 Å². The van der Waals surface area contributed by atoms with Crippen molar-refractivity contribution in [3.63, 3.8) is 0 Å². The molecular weight excluding hydrogens is 256 g/mol. The first-order valence-electron chi connectivity index (χ1n) is 5.79. The maximum absolute atomic E-state index is 9.14. The highest BCUT2D eigenvalue weighted by Gasteiger charge is 2.09. The van der Waals surface area contributed by atoms with Crippen molar-refractivity contribution in [2.24, 2.45) is 0 Å². The Morgan fingerprint density at radius 3 is 2.89 bits per heavy atom. The Bertz CT molecular complexity index is 744. The number of benzene rings is 1. The van der Waals surface area contributed by atoms with Gasteiger partial charge in [-0.15, -0.1) is 10.2 Å². The molecule has 0 spiro atoms. The minimum Gasteiger partial charge on any atom is -0.378 e. The third-order valence-electron chi connectivity index (χ3n) is 2.82. The van der Waals surface area contributed by atoms with Gasteiger partial charge in [-0.25, -0.2) is 0 Å². The molecular formula is C14H10N4S. The van der Waals surface area contributed by atoms with Crippen molar-refractivity contribution >= 4 is 27.9 Å². The molecule has 0 amide bonds. The maximum Gasteiger partial charge on any atom is 0.186 e. The average molecular weight is 266 g/mol. The summed E-state index contributed by atoms with van der Waals surface area (Å²) >= 11 is 1.66. The van der Waals surface area contributed by atoms with Crippen molar-refractivity contribution in [2.75, 3.05) is 5.32 Å². The van der Waals surface area contributed by atoms with E-state index in [2.05, 4.69) is 33.0 Å². The second kappa shape index (κ2) is 5.04. The highest BCUT2D eigenvalue weighted by atomic mass is 32.1. The molecule has 3 rings (SSSR count). The molecule has 19 heavy (non-hydrogen) atoms. The zero-order chi connectivity index (χ0) is 13.1. The van der Waals surface area contributed by atoms with Gasteiger partial charge in [-0.2, -0.15) is 16.6 Å². The maximum atomic E-state index is 9.14. The summed E-state index contributed by atoms with van der Waals surface area (Å²) in [6, 6.07) is 11.8. The predicted molar refractivity (Wildman–Crippen MR) is 75.9 cm³/mol. The fourth-order valence-electron chi connectivity index (χ4n) is 1.89. The van der Waals surface area contributed by atoms with Crippen LogP contribution in [0.2, 0.25) is 0 Å². The second-order valence-electron chi connectivity index (χ2n) is 4.04. The van der Waals surface area contributed by atoms with Crippen molar-refractivity contribution in [3.05, 3.63) is 52.3 Å². The number of rotatable bonds is 3. The number of thiophene rings is 1. The van der Waals surface area contributed by atoms with Crippen LogP contribution in [0, 0.1) is 11.3 Å². The number of nitrogens with one attached hydrogen (secondary N) is 1. The third kappa shape index (κ3) is 2.26. The van der Waals surface area contributed by atoms with Crippen LogP contribution in [0.25, 0.3) is 10.9 Å². The van der Waals surface area contributed by atoms with Gasteiger partial charge in [0.25, 0.3) is 0 Å². The molecule has 0 fully saturated rings. The molecule has 3 aromatic rings. The molecule has 0 atom stereocenters. The van der Waals surface area contributed by atoms with Crippen LogP contribution >= 0.6 is 11.3 Å². The van der Waals surface area contributed by atoms with Gasteiger partial charge in [-0.05, 0) is 28.5 Å². The van der Waals surface area contributed by atoms with Crippen molar-refractivity contribution in [2.45, 2.75) is 6.54 Å². The molecule has 0 aliphatic rings. The van der Waals surface area contributed by atoms with Crippen molar-refractivity contribution in [3.8, 4) is 6.07 Å². The van der Waals surface area contributed by atoms with E-state index in [-0.39, 0.29) is 0 Å². The molecule has 1 N–H and O–H groups in total. The van der Waals surface area contributed by atoms with Crippen LogP contribution in [0.3, 0.4) is 0 Å². The number of anilines is 1. The molecule has 0 saturated carbocycles. The summed E-state index contributed by atoms with van der Waals surface area (Å²) in [5.41, 5.74) is 3.05. The van der Waals surface area contributed by atoms with Gasteiger partial charge < -0.3 is 5.32 Å². The number of nitriles is 1. The van der Waals surface area contributed by atoms with Gasteiger partial charge in [0, 0.05) is 11.9 Å². The van der Waals surface area contributed by atoms with Crippen LogP contribution in [0.5, 0.6) is 0 Å². The van der Waals surface area contributed by atoms with Gasteiger partial charge in [0.1, 0.15) is 6.07 Å². The fourth-order valence-corrected chi connectivity index (χ4v) is 2.56. The second-order valence-corrected chi connectivity index (χ2v) is 4.82. The van der Waals surface area contributed by atoms with E-state index in [1.807, 2.05) is 29.6 Å². The van der Waals surface area contributed by atoms with Crippen LogP contribution in [-0.4, -0.2) is 10.2 Å². The summed E-state index contributed by atoms with van der Waals surface area (Å²) in [5, 5.41) is 25.5. The molecule has 92 valence electrons. The third-order valence-corrected chi connectivity index (χ3v) is 3.56. The first-order valence-corrected chi connectivity index (χ1v) is 6.73. The highest BCUT2D eigenvalue weighted by Crippen LogP contribution is 2.24. The summed E-state index contributed by atoms with van der Waals surface area (Å²) in [6.07, 6.45) is 0. The molecule has 0 aliphatic carbocycles. The van der Waals surface area contributed by atoms with Crippen molar-refractivity contribution < 1.29 is 0 Å². The summed E-state index contributed by atoms with van der Waals surface area (Å²) in [5.74, 6) is 0. The number of aromatic nitrogens is 2. The van der Waals surface area contributed by atoms with E-state index < -0.39 is 0 Å². The molecule has 5 heteroatoms. The fraction of sp³-hybridized carbons (Fsp3) is 0.0714. The van der Waals surface area contributed by atoms with Crippen LogP contribution in [0.15, 0.2) is 41.1 Å². The Hall–Kier alpha value is -2.45. The SMILES string of the molecule is N#Cc1nnc2ccccc2c1NCc1ccsc1. The van der Waals surface area contributed by atoms with Crippen LogP contribution < -0.4 is 5.32 Å². The predicted octanol–water partition coefficient (Wildman–Crippen LogP) is 3.18. The van der Waals surface area contributed by atoms with Crippen molar-refractivity contribution in [1.29, 1.82) is 5.26 Å². The van der Waals surface area contributed by atoms with Gasteiger partial charge >= 0.3 is 0 Å². The summed E-state index contributed by atoms with van der Waals surface area (Å²) in [4.78, 5) is 0. The Morgan fingerprint density at radius 1 is 1.21 bits per heavy atom. The van der Waals surface area contributed by atoms with Gasteiger partial charge in [-0.1, -0.05) is 18.2 Å². The average Bonchev–Trinajstić information content (AvgIpc) is 2.97. The zero-order valence-corrected chi connectivity index (χ0v) is 10.8. The molecule has 0 saturated heterocycles. The van der Waals surface area contributed by atoms with Crippen molar-refractivity contribution in [1.82, 2.24) is 10.2 Å². The zero-order valence-electron chi connectivity index (χ0n) is 10.00. The first-order chi connectivity index (χ1) is 9.38. The van der Waals surface area contributed by atoms with Crippen LogP contribution in [-0.2, 0) is 6.54 Å². The lowest BCUT2D eigenvalue weighted by Gasteiger charge is -2.09. The Balaban J connectivity index is 2.02. The molecule has 2 aromatic heterocycles. The quantitative estimate of drug-likeness (QED) is 0.791. The largest absolute Gasteiger partial charge is 0.378 e. The lowest BCUT2D eigenvalue weighted by Crippen LogP contribution is -2.04. The smallest absolute Gasteiger partial charge is 0.186 e. The summed E-state index contributed by atoms with van der Waals surface area (Å²) in [6.45, 7) is 0.674. The first kappa shape index (κ1) is 11.6. The highest BCUT2D eigenvalue weighted by molar-refractivity contribution is 7.07. The van der Waals surface area contributed by atoms with E-state index in [0.717, 1.165) is 16.6 Å². The standard InChI is InChI=1S/C14H10N4S/c15-7-13-14(16-8-10-5-6-19-9-10)11-3-1-2-4-12(11)17-18-13/h1-6,9H,8H2,(H,16,17). The lowest BCUT2D eigenvalue weighted by atomic mass is 10.1. The van der Waals surface area contributed by atoms with E-state index in [4.69, 9.17) is 5.26 Å². The monoisotopic (exact) mass is 266 g/mol. The molecule has 0 aliphatic heterocycles. The van der Waals surface area contributed by atoms with E-state index >= 15 is 0 Å². The molecule has 1 aromatic carbocycles. The van der Waals surface area contributed by atoms with E-state index in [1.54, 1.807) is 11.3 Å². The van der Waals surface area contributed by atoms with Gasteiger partial charge in [0.2, 0.25) is 0 Å². The van der Waals surface area contributed by atoms with Gasteiger partial charge in [-0.3, -0.25) is 0 Å². The van der Waals surface area contributed by atoms with E-state index in [9.17, 15) is 0 Å². The number of fused-ring (bicyclic) bond motifs is 1. The molecule has 0 unspecified atom stereocenters. The number of nitrogens with zero attached hydrogens (tertiary/aromatic N) is 3. The lowest BCUT2D eigenvalue weighted by molar-refractivity contribution is 1.04. The Labute approximate surface area is 114 Å². The molecule has 4 nitrogen and oxygen atoms in total. The molecule has 0 radical (unpaired) electrons. The van der Waals surface area contributed by atoms with Crippen LogP contribution in [0.4, 0.5) is 5.69 Å². The van der Waals surface area contributed by atoms with Crippen LogP contribution in [0.1, 0.15) is 11.3 Å². The minimum absolute atomic E-state index is 0.328. The molecule has 2 heterocycles. The Morgan fingerprint density at radius 2 is 2.11 bits per heavy atom. The normalized spacial score (nSPS) is 10.3. The molecule has 0 bridgehead atoms. The minimum atomic E-state index is 0.328. The number of hydrogen-bond donors (Lipinski definition) is 1. The van der Waals surface area contributed by atoms with E-state index in [1.165, 1.54) is 5.56 Å². The Kier molecular flexibility index (Phi) is 3.09. The van der Waals surface area contributed by atoms with E-state index in [0.29, 0.717) is 12.2 Å².